The number of nitrogens with one attached hydrogen (secondary N) is 1. The van der Waals surface area contributed by atoms with Crippen LogP contribution in [0.4, 0.5) is 0 Å². The molecule has 1 N–H and O–H groups in total. The summed E-state index contributed by atoms with van der Waals surface area (Å²) in [6.07, 6.45) is 4.00. The fraction of sp³-hybridized carbons (Fsp3) is 0.643. The molecule has 1 amide bonds. The fourth-order valence-corrected chi connectivity index (χ4v) is 2.32. The van der Waals surface area contributed by atoms with Crippen LogP contribution >= 0.6 is 0 Å². The Morgan fingerprint density at radius 3 is 2.89 bits per heavy atom. The summed E-state index contributed by atoms with van der Waals surface area (Å²) < 4.78 is 5.19. The minimum atomic E-state index is -0.0486. The van der Waals surface area contributed by atoms with E-state index in [4.69, 9.17) is 4.42 Å². The van der Waals surface area contributed by atoms with Gasteiger partial charge in [0, 0.05) is 0 Å². The first-order valence-electron chi connectivity index (χ1n) is 6.71. The van der Waals surface area contributed by atoms with Crippen molar-refractivity contribution in [2.45, 2.75) is 39.3 Å². The molecule has 0 radical (unpaired) electrons. The normalized spacial score (nSPS) is 19.7. The van der Waals surface area contributed by atoms with Crippen molar-refractivity contribution in [3.05, 3.63) is 24.2 Å². The highest BCUT2D eigenvalue weighted by atomic mass is 16.3. The van der Waals surface area contributed by atoms with Crippen molar-refractivity contribution < 1.29 is 9.21 Å². The lowest BCUT2D eigenvalue weighted by atomic mass is 9.98. The Kier molecular flexibility index (Phi) is 4.42. The number of likely N-dealkylation sites (tertiary alicyclic amines) is 1. The molecule has 2 heterocycles. The Labute approximate surface area is 108 Å². The highest BCUT2D eigenvalue weighted by Gasteiger charge is 2.24. The maximum atomic E-state index is 12.0. The SMILES string of the molecule is CC1CCN([C@H](C)C(=O)NCc2ccco2)CC1. The first kappa shape index (κ1) is 13.1. The van der Waals surface area contributed by atoms with Crippen LogP contribution in [0.25, 0.3) is 0 Å². The molecule has 0 bridgehead atoms. The molecule has 1 atom stereocenters. The van der Waals surface area contributed by atoms with Gasteiger partial charge in [0.2, 0.25) is 5.91 Å². The van der Waals surface area contributed by atoms with E-state index in [0.29, 0.717) is 6.54 Å². The molecule has 1 fully saturated rings. The predicted octanol–water partition coefficient (Wildman–Crippen LogP) is 2.02. The summed E-state index contributed by atoms with van der Waals surface area (Å²) in [5.41, 5.74) is 0. The van der Waals surface area contributed by atoms with Gasteiger partial charge in [0.05, 0.1) is 18.8 Å². The lowest BCUT2D eigenvalue weighted by Crippen LogP contribution is -2.47. The van der Waals surface area contributed by atoms with Gasteiger partial charge in [-0.2, -0.15) is 0 Å². The van der Waals surface area contributed by atoms with Crippen LogP contribution in [0.3, 0.4) is 0 Å². The highest BCUT2D eigenvalue weighted by Crippen LogP contribution is 2.18. The zero-order valence-electron chi connectivity index (χ0n) is 11.2. The van der Waals surface area contributed by atoms with Crippen LogP contribution in [0.2, 0.25) is 0 Å². The van der Waals surface area contributed by atoms with Crippen molar-refractivity contribution in [1.29, 1.82) is 0 Å². The molecule has 4 heteroatoms. The number of carbonyl (C=O) groups excluding carboxylic acids is 1. The van der Waals surface area contributed by atoms with Crippen molar-refractivity contribution in [3.63, 3.8) is 0 Å². The van der Waals surface area contributed by atoms with Gasteiger partial charge in [0.1, 0.15) is 5.76 Å². The zero-order chi connectivity index (χ0) is 13.0. The van der Waals surface area contributed by atoms with E-state index in [-0.39, 0.29) is 11.9 Å². The van der Waals surface area contributed by atoms with E-state index in [0.717, 1.165) is 24.8 Å². The summed E-state index contributed by atoms with van der Waals surface area (Å²) >= 11 is 0. The molecule has 0 aliphatic carbocycles. The second kappa shape index (κ2) is 6.05. The van der Waals surface area contributed by atoms with Gasteiger partial charge in [-0.05, 0) is 50.9 Å². The van der Waals surface area contributed by atoms with Gasteiger partial charge in [-0.25, -0.2) is 0 Å². The van der Waals surface area contributed by atoms with Crippen LogP contribution in [0.1, 0.15) is 32.4 Å². The Morgan fingerprint density at radius 1 is 1.56 bits per heavy atom. The smallest absolute Gasteiger partial charge is 0.237 e. The second-order valence-electron chi connectivity index (χ2n) is 5.19. The molecule has 1 aromatic heterocycles. The second-order valence-corrected chi connectivity index (χ2v) is 5.19. The molecule has 1 aliphatic heterocycles. The number of carbonyl (C=O) groups is 1. The summed E-state index contributed by atoms with van der Waals surface area (Å²) in [5, 5.41) is 2.92. The van der Waals surface area contributed by atoms with E-state index in [1.807, 2.05) is 19.1 Å². The summed E-state index contributed by atoms with van der Waals surface area (Å²) in [6.45, 7) is 6.78. The van der Waals surface area contributed by atoms with Crippen molar-refractivity contribution in [3.8, 4) is 0 Å². The fourth-order valence-electron chi connectivity index (χ4n) is 2.32. The van der Waals surface area contributed by atoms with Gasteiger partial charge in [-0.3, -0.25) is 9.69 Å². The van der Waals surface area contributed by atoms with Crippen molar-refractivity contribution in [1.82, 2.24) is 10.2 Å². The van der Waals surface area contributed by atoms with Crippen LogP contribution in [-0.2, 0) is 11.3 Å². The third-order valence-electron chi connectivity index (χ3n) is 3.76. The average molecular weight is 250 g/mol. The van der Waals surface area contributed by atoms with Crippen molar-refractivity contribution >= 4 is 5.91 Å². The molecule has 0 spiro atoms. The number of nitrogens with zero attached hydrogens (tertiary/aromatic N) is 1. The third-order valence-corrected chi connectivity index (χ3v) is 3.76. The molecular weight excluding hydrogens is 228 g/mol. The van der Waals surface area contributed by atoms with E-state index in [1.165, 1.54) is 12.8 Å². The number of rotatable bonds is 4. The van der Waals surface area contributed by atoms with Gasteiger partial charge in [-0.15, -0.1) is 0 Å². The molecule has 0 unspecified atom stereocenters. The Morgan fingerprint density at radius 2 is 2.28 bits per heavy atom. The van der Waals surface area contributed by atoms with Gasteiger partial charge < -0.3 is 9.73 Å². The molecule has 100 valence electrons. The summed E-state index contributed by atoms with van der Waals surface area (Å²) in [4.78, 5) is 14.3. The lowest BCUT2D eigenvalue weighted by molar-refractivity contribution is -0.126. The van der Waals surface area contributed by atoms with Crippen LogP contribution in [0.15, 0.2) is 22.8 Å². The van der Waals surface area contributed by atoms with E-state index < -0.39 is 0 Å². The highest BCUT2D eigenvalue weighted by molar-refractivity contribution is 5.81. The Bertz CT molecular complexity index is 367. The molecule has 18 heavy (non-hydrogen) atoms. The average Bonchev–Trinajstić information content (AvgIpc) is 2.89. The van der Waals surface area contributed by atoms with E-state index in [9.17, 15) is 4.79 Å². The van der Waals surface area contributed by atoms with Crippen LogP contribution in [0, 0.1) is 5.92 Å². The molecule has 0 saturated carbocycles. The first-order valence-corrected chi connectivity index (χ1v) is 6.71. The molecule has 4 nitrogen and oxygen atoms in total. The molecule has 2 rings (SSSR count). The van der Waals surface area contributed by atoms with E-state index >= 15 is 0 Å². The predicted molar refractivity (Wildman–Crippen MR) is 70.0 cm³/mol. The summed E-state index contributed by atoms with van der Waals surface area (Å²) in [5.74, 6) is 1.67. The Hall–Kier alpha value is -1.29. The topological polar surface area (TPSA) is 45.5 Å². The number of furan rings is 1. The van der Waals surface area contributed by atoms with Crippen LogP contribution in [0.5, 0.6) is 0 Å². The number of piperidine rings is 1. The molecular formula is C14H22N2O2. The van der Waals surface area contributed by atoms with Gasteiger partial charge >= 0.3 is 0 Å². The van der Waals surface area contributed by atoms with Crippen LogP contribution in [-0.4, -0.2) is 29.9 Å². The number of hydrogen-bond acceptors (Lipinski definition) is 3. The number of amides is 1. The summed E-state index contributed by atoms with van der Waals surface area (Å²) in [6, 6.07) is 3.65. The first-order chi connectivity index (χ1) is 8.66. The van der Waals surface area contributed by atoms with Gasteiger partial charge in [0.25, 0.3) is 0 Å². The molecule has 0 aromatic carbocycles. The van der Waals surface area contributed by atoms with E-state index in [1.54, 1.807) is 6.26 Å². The molecule has 1 aromatic rings. The maximum Gasteiger partial charge on any atom is 0.237 e. The summed E-state index contributed by atoms with van der Waals surface area (Å²) in [7, 11) is 0. The van der Waals surface area contributed by atoms with Gasteiger partial charge in [-0.1, -0.05) is 6.92 Å². The lowest BCUT2D eigenvalue weighted by Gasteiger charge is -2.34. The molecule has 1 aliphatic rings. The third kappa shape index (κ3) is 3.35. The van der Waals surface area contributed by atoms with Crippen molar-refractivity contribution in [2.75, 3.05) is 13.1 Å². The largest absolute Gasteiger partial charge is 0.467 e. The maximum absolute atomic E-state index is 12.0. The number of hydrogen-bond donors (Lipinski definition) is 1. The monoisotopic (exact) mass is 250 g/mol. The Balaban J connectivity index is 1.77. The minimum Gasteiger partial charge on any atom is -0.467 e. The zero-order valence-corrected chi connectivity index (χ0v) is 11.2. The minimum absolute atomic E-state index is 0.0486. The molecule has 1 saturated heterocycles. The van der Waals surface area contributed by atoms with Crippen molar-refractivity contribution in [2.24, 2.45) is 5.92 Å². The van der Waals surface area contributed by atoms with Crippen LogP contribution < -0.4 is 5.32 Å². The standard InChI is InChI=1S/C14H22N2O2/c1-11-5-7-16(8-6-11)12(2)14(17)15-10-13-4-3-9-18-13/h3-4,9,11-12H,5-8,10H2,1-2H3,(H,15,17)/t12-/m1/s1. The quantitative estimate of drug-likeness (QED) is 0.889. The van der Waals surface area contributed by atoms with Gasteiger partial charge in [0.15, 0.2) is 0 Å². The van der Waals surface area contributed by atoms with E-state index in [2.05, 4.69) is 17.1 Å².